The van der Waals surface area contributed by atoms with Crippen LogP contribution in [0.3, 0.4) is 0 Å². The molecule has 4 rings (SSSR count). The van der Waals surface area contributed by atoms with E-state index in [9.17, 15) is 4.79 Å². The SMILES string of the molecule is COc1ccc(C2CC=Cc3c2ccc(-c2ccccc2)c3COC(C)=O)cc1. The highest BCUT2D eigenvalue weighted by Gasteiger charge is 2.23. The molecule has 0 spiro atoms. The summed E-state index contributed by atoms with van der Waals surface area (Å²) in [7, 11) is 1.68. The Morgan fingerprint density at radius 3 is 2.45 bits per heavy atom. The Hall–Kier alpha value is -3.33. The van der Waals surface area contributed by atoms with Gasteiger partial charge in [-0.1, -0.05) is 66.7 Å². The van der Waals surface area contributed by atoms with Gasteiger partial charge in [0.15, 0.2) is 0 Å². The molecule has 0 bridgehead atoms. The number of carbonyl (C=O) groups excluding carboxylic acids is 1. The van der Waals surface area contributed by atoms with Crippen molar-refractivity contribution < 1.29 is 14.3 Å². The number of carbonyl (C=O) groups is 1. The highest BCUT2D eigenvalue weighted by Crippen LogP contribution is 2.40. The van der Waals surface area contributed by atoms with Crippen LogP contribution < -0.4 is 4.74 Å². The van der Waals surface area contributed by atoms with Gasteiger partial charge in [-0.15, -0.1) is 0 Å². The Morgan fingerprint density at radius 2 is 1.76 bits per heavy atom. The molecule has 0 saturated carbocycles. The van der Waals surface area contributed by atoms with Crippen molar-refractivity contribution in [2.24, 2.45) is 0 Å². The minimum Gasteiger partial charge on any atom is -0.497 e. The summed E-state index contributed by atoms with van der Waals surface area (Å²) in [5.74, 6) is 0.852. The summed E-state index contributed by atoms with van der Waals surface area (Å²) in [5, 5.41) is 0. The molecule has 0 heterocycles. The van der Waals surface area contributed by atoms with Crippen LogP contribution in [-0.4, -0.2) is 13.1 Å². The number of rotatable bonds is 5. The van der Waals surface area contributed by atoms with Crippen LogP contribution in [0.25, 0.3) is 17.2 Å². The van der Waals surface area contributed by atoms with Crippen LogP contribution in [0.4, 0.5) is 0 Å². The summed E-state index contributed by atoms with van der Waals surface area (Å²) in [6.45, 7) is 1.72. The molecule has 3 aromatic rings. The second-order valence-electron chi connectivity index (χ2n) is 7.20. The molecule has 3 aromatic carbocycles. The molecule has 0 fully saturated rings. The van der Waals surface area contributed by atoms with Crippen LogP contribution in [0.2, 0.25) is 0 Å². The maximum absolute atomic E-state index is 11.5. The first-order valence-corrected chi connectivity index (χ1v) is 9.82. The number of benzene rings is 3. The van der Waals surface area contributed by atoms with E-state index in [0.29, 0.717) is 0 Å². The van der Waals surface area contributed by atoms with Crippen molar-refractivity contribution in [3.63, 3.8) is 0 Å². The van der Waals surface area contributed by atoms with Gasteiger partial charge in [0.25, 0.3) is 0 Å². The van der Waals surface area contributed by atoms with Crippen molar-refractivity contribution in [2.75, 3.05) is 7.11 Å². The van der Waals surface area contributed by atoms with E-state index in [-0.39, 0.29) is 18.5 Å². The van der Waals surface area contributed by atoms with Gasteiger partial charge in [0.1, 0.15) is 12.4 Å². The van der Waals surface area contributed by atoms with Crippen LogP contribution in [-0.2, 0) is 16.1 Å². The lowest BCUT2D eigenvalue weighted by Gasteiger charge is -2.26. The number of fused-ring (bicyclic) bond motifs is 1. The van der Waals surface area contributed by atoms with Crippen LogP contribution >= 0.6 is 0 Å². The molecule has 0 aromatic heterocycles. The Bertz CT molecular complexity index is 1030. The van der Waals surface area contributed by atoms with Gasteiger partial charge in [0.05, 0.1) is 7.11 Å². The zero-order chi connectivity index (χ0) is 20.2. The Morgan fingerprint density at radius 1 is 1.00 bits per heavy atom. The lowest BCUT2D eigenvalue weighted by molar-refractivity contribution is -0.142. The fourth-order valence-electron chi connectivity index (χ4n) is 4.00. The summed E-state index contributed by atoms with van der Waals surface area (Å²) < 4.78 is 10.7. The Labute approximate surface area is 171 Å². The summed E-state index contributed by atoms with van der Waals surface area (Å²) in [6.07, 6.45) is 5.32. The van der Waals surface area contributed by atoms with E-state index in [1.165, 1.54) is 18.1 Å². The minimum absolute atomic E-state index is 0.266. The third-order valence-corrected chi connectivity index (χ3v) is 5.45. The standard InChI is InChI=1S/C26H24O3/c1-18(27)29-17-26-23(19-7-4-3-5-8-19)15-16-25-22(9-6-10-24(25)26)20-11-13-21(28-2)14-12-20/h3-8,10-16,22H,9,17H2,1-2H3. The van der Waals surface area contributed by atoms with Gasteiger partial charge in [0.2, 0.25) is 0 Å². The maximum atomic E-state index is 11.5. The maximum Gasteiger partial charge on any atom is 0.302 e. The fraction of sp³-hybridized carbons (Fsp3) is 0.192. The Balaban J connectivity index is 1.81. The van der Waals surface area contributed by atoms with E-state index in [4.69, 9.17) is 9.47 Å². The topological polar surface area (TPSA) is 35.5 Å². The van der Waals surface area contributed by atoms with Crippen molar-refractivity contribution in [1.82, 2.24) is 0 Å². The zero-order valence-electron chi connectivity index (χ0n) is 16.7. The number of esters is 1. The molecule has 0 radical (unpaired) electrons. The molecule has 3 nitrogen and oxygen atoms in total. The molecule has 146 valence electrons. The molecule has 1 aliphatic rings. The van der Waals surface area contributed by atoms with E-state index >= 15 is 0 Å². The van der Waals surface area contributed by atoms with Gasteiger partial charge in [-0.25, -0.2) is 0 Å². The summed E-state index contributed by atoms with van der Waals surface area (Å²) in [4.78, 5) is 11.5. The van der Waals surface area contributed by atoms with Crippen molar-refractivity contribution in [2.45, 2.75) is 25.9 Å². The quantitative estimate of drug-likeness (QED) is 0.508. The lowest BCUT2D eigenvalue weighted by Crippen LogP contribution is -2.10. The third-order valence-electron chi connectivity index (χ3n) is 5.45. The normalized spacial score (nSPS) is 14.9. The highest BCUT2D eigenvalue weighted by molar-refractivity contribution is 5.76. The number of hydrogen-bond acceptors (Lipinski definition) is 3. The highest BCUT2D eigenvalue weighted by atomic mass is 16.5. The van der Waals surface area contributed by atoms with Gasteiger partial charge in [0, 0.05) is 18.4 Å². The number of hydrogen-bond donors (Lipinski definition) is 0. The first-order chi connectivity index (χ1) is 14.2. The Kier molecular flexibility index (Phi) is 5.48. The van der Waals surface area contributed by atoms with Crippen LogP contribution in [0.15, 0.2) is 72.8 Å². The van der Waals surface area contributed by atoms with Gasteiger partial charge in [-0.3, -0.25) is 4.79 Å². The first kappa shape index (κ1) is 19.0. The zero-order valence-corrected chi connectivity index (χ0v) is 16.7. The molecular formula is C26H24O3. The smallest absolute Gasteiger partial charge is 0.302 e. The number of ether oxygens (including phenoxy) is 2. The molecule has 1 atom stereocenters. The van der Waals surface area contributed by atoms with E-state index in [0.717, 1.165) is 34.4 Å². The fourth-order valence-corrected chi connectivity index (χ4v) is 4.00. The van der Waals surface area contributed by atoms with Gasteiger partial charge < -0.3 is 9.47 Å². The lowest BCUT2D eigenvalue weighted by atomic mass is 9.79. The largest absolute Gasteiger partial charge is 0.497 e. The van der Waals surface area contributed by atoms with Crippen molar-refractivity contribution in [3.05, 3.63) is 95.1 Å². The van der Waals surface area contributed by atoms with Crippen molar-refractivity contribution in [1.29, 1.82) is 0 Å². The molecule has 29 heavy (non-hydrogen) atoms. The van der Waals surface area contributed by atoms with E-state index in [1.807, 2.05) is 30.3 Å². The molecule has 1 aliphatic carbocycles. The molecule has 3 heteroatoms. The number of allylic oxidation sites excluding steroid dienone is 1. The molecule has 0 N–H and O–H groups in total. The predicted molar refractivity (Wildman–Crippen MR) is 116 cm³/mol. The second kappa shape index (κ2) is 8.36. The summed E-state index contributed by atoms with van der Waals surface area (Å²) >= 11 is 0. The molecule has 0 saturated heterocycles. The molecular weight excluding hydrogens is 360 g/mol. The van der Waals surface area contributed by atoms with Crippen molar-refractivity contribution >= 4 is 12.0 Å². The van der Waals surface area contributed by atoms with Gasteiger partial charge in [-0.05, 0) is 46.4 Å². The summed E-state index contributed by atoms with van der Waals surface area (Å²) in [5.41, 5.74) is 6.95. The predicted octanol–water partition coefficient (Wildman–Crippen LogP) is 5.97. The monoisotopic (exact) mass is 384 g/mol. The number of methoxy groups -OCH3 is 1. The van der Waals surface area contributed by atoms with E-state index in [1.54, 1.807) is 7.11 Å². The van der Waals surface area contributed by atoms with E-state index < -0.39 is 0 Å². The second-order valence-corrected chi connectivity index (χ2v) is 7.20. The molecule has 1 unspecified atom stereocenters. The summed E-state index contributed by atoms with van der Waals surface area (Å²) in [6, 6.07) is 22.9. The van der Waals surface area contributed by atoms with Crippen molar-refractivity contribution in [3.8, 4) is 16.9 Å². The first-order valence-electron chi connectivity index (χ1n) is 9.82. The van der Waals surface area contributed by atoms with Crippen LogP contribution in [0.1, 0.15) is 41.5 Å². The molecule has 0 amide bonds. The van der Waals surface area contributed by atoms with Crippen LogP contribution in [0.5, 0.6) is 5.75 Å². The third kappa shape index (κ3) is 3.95. The minimum atomic E-state index is -0.270. The van der Waals surface area contributed by atoms with E-state index in [2.05, 4.69) is 48.6 Å². The average molecular weight is 384 g/mol. The van der Waals surface area contributed by atoms with Gasteiger partial charge in [-0.2, -0.15) is 0 Å². The molecule has 0 aliphatic heterocycles. The average Bonchev–Trinajstić information content (AvgIpc) is 2.77. The van der Waals surface area contributed by atoms with Crippen LogP contribution in [0, 0.1) is 0 Å². The van der Waals surface area contributed by atoms with Gasteiger partial charge >= 0.3 is 5.97 Å².